The smallest absolute Gasteiger partial charge is 0.114 e. The van der Waals surface area contributed by atoms with Crippen LogP contribution in [0.3, 0.4) is 0 Å². The highest BCUT2D eigenvalue weighted by Gasteiger charge is 2.20. The van der Waals surface area contributed by atoms with Gasteiger partial charge in [-0.05, 0) is 25.7 Å². The minimum Gasteiger partial charge on any atom is -0.275 e. The molecule has 0 amide bonds. The lowest BCUT2D eigenvalue weighted by Gasteiger charge is -2.25. The molecule has 1 fully saturated rings. The van der Waals surface area contributed by atoms with Crippen LogP contribution in [0, 0.1) is 17.2 Å². The largest absolute Gasteiger partial charge is 0.275 e. The first-order valence-electron chi connectivity index (χ1n) is 4.68. The van der Waals surface area contributed by atoms with Crippen LogP contribution in [0.4, 0.5) is 0 Å². The zero-order chi connectivity index (χ0) is 8.97. The van der Waals surface area contributed by atoms with E-state index in [0.29, 0.717) is 17.7 Å². The van der Waals surface area contributed by atoms with Crippen LogP contribution in [-0.4, -0.2) is 11.8 Å². The van der Waals surface area contributed by atoms with Crippen LogP contribution >= 0.6 is 0 Å². The Kier molecular flexibility index (Phi) is 3.28. The molecule has 12 heavy (non-hydrogen) atoms. The minimum atomic E-state index is 0.415. The molecule has 0 radical (unpaired) electrons. The summed E-state index contributed by atoms with van der Waals surface area (Å²) in [5.74, 6) is 0.669. The van der Waals surface area contributed by atoms with E-state index in [4.69, 9.17) is 5.26 Å². The van der Waals surface area contributed by atoms with Gasteiger partial charge in [0.25, 0.3) is 0 Å². The molecule has 0 N–H and O–H groups in total. The fourth-order valence-electron chi connectivity index (χ4n) is 1.77. The highest BCUT2D eigenvalue weighted by atomic mass is 14.8. The maximum absolute atomic E-state index is 8.57. The van der Waals surface area contributed by atoms with E-state index in [1.165, 1.54) is 25.7 Å². The Hall–Kier alpha value is -0.840. The Morgan fingerprint density at radius 3 is 2.67 bits per heavy atom. The number of hydrogen-bond acceptors (Lipinski definition) is 2. The summed E-state index contributed by atoms with van der Waals surface area (Å²) in [6.45, 7) is 4.03. The molecule has 0 spiro atoms. The maximum atomic E-state index is 8.57. The molecule has 0 aromatic rings. The predicted molar refractivity (Wildman–Crippen MR) is 50.1 cm³/mol. The molecule has 0 aromatic heterocycles. The molecule has 0 unspecified atom stereocenters. The van der Waals surface area contributed by atoms with Crippen LogP contribution in [-0.2, 0) is 0 Å². The zero-order valence-electron chi connectivity index (χ0n) is 7.88. The molecule has 1 aliphatic rings. The second-order valence-corrected chi connectivity index (χ2v) is 3.66. The van der Waals surface area contributed by atoms with Crippen LogP contribution < -0.4 is 0 Å². The number of hydrogen-bond donors (Lipinski definition) is 0. The molecule has 1 rings (SSSR count). The third kappa shape index (κ3) is 2.34. The standard InChI is InChI=1S/C10H16N2/c1-8-5-3-4-6-10(8)12-9(2)7-11/h8,10H,3-6H2,1-2H3/b12-9+/t8-,10+/m1/s1. The summed E-state index contributed by atoms with van der Waals surface area (Å²) in [5.41, 5.74) is 0.633. The lowest BCUT2D eigenvalue weighted by molar-refractivity contribution is 0.333. The molecule has 0 heterocycles. The van der Waals surface area contributed by atoms with Crippen LogP contribution in [0.2, 0.25) is 0 Å². The molecule has 1 aliphatic carbocycles. The molecule has 0 aromatic carbocycles. The maximum Gasteiger partial charge on any atom is 0.114 e. The predicted octanol–water partition coefficient (Wildman–Crippen LogP) is 2.55. The first kappa shape index (κ1) is 9.25. The molecule has 2 nitrogen and oxygen atoms in total. The molecule has 0 bridgehead atoms. The van der Waals surface area contributed by atoms with Crippen molar-refractivity contribution in [1.82, 2.24) is 0 Å². The first-order valence-corrected chi connectivity index (χ1v) is 4.68. The Morgan fingerprint density at radius 2 is 2.08 bits per heavy atom. The summed E-state index contributed by atoms with van der Waals surface area (Å²) in [6.07, 6.45) is 5.04. The summed E-state index contributed by atoms with van der Waals surface area (Å²) in [6, 6.07) is 2.50. The second kappa shape index (κ2) is 4.25. The molecular formula is C10H16N2. The van der Waals surface area contributed by atoms with Gasteiger partial charge in [0.1, 0.15) is 11.8 Å². The fourth-order valence-corrected chi connectivity index (χ4v) is 1.77. The van der Waals surface area contributed by atoms with Crippen molar-refractivity contribution in [1.29, 1.82) is 5.26 Å². The van der Waals surface area contributed by atoms with E-state index in [2.05, 4.69) is 18.0 Å². The normalized spacial score (nSPS) is 31.2. The topological polar surface area (TPSA) is 36.1 Å². The van der Waals surface area contributed by atoms with Crippen molar-refractivity contribution >= 4 is 5.71 Å². The Morgan fingerprint density at radius 1 is 1.42 bits per heavy atom. The van der Waals surface area contributed by atoms with Crippen molar-refractivity contribution in [3.8, 4) is 6.07 Å². The number of aliphatic imine (C=N–C) groups is 1. The average Bonchev–Trinajstić information content (AvgIpc) is 2.09. The molecule has 0 saturated heterocycles. The van der Waals surface area contributed by atoms with E-state index < -0.39 is 0 Å². The average molecular weight is 164 g/mol. The Bertz CT molecular complexity index is 212. The summed E-state index contributed by atoms with van der Waals surface area (Å²) in [4.78, 5) is 4.39. The molecule has 0 aliphatic heterocycles. The zero-order valence-corrected chi connectivity index (χ0v) is 7.88. The quantitative estimate of drug-likeness (QED) is 0.548. The number of rotatable bonds is 1. The van der Waals surface area contributed by atoms with E-state index in [1.54, 1.807) is 6.92 Å². The molecule has 66 valence electrons. The molecule has 1 saturated carbocycles. The van der Waals surface area contributed by atoms with Crippen LogP contribution in [0.15, 0.2) is 4.99 Å². The fraction of sp³-hybridized carbons (Fsp3) is 0.800. The molecule has 2 heteroatoms. The van der Waals surface area contributed by atoms with Crippen LogP contribution in [0.5, 0.6) is 0 Å². The van der Waals surface area contributed by atoms with Gasteiger partial charge in [0.05, 0.1) is 6.04 Å². The third-order valence-electron chi connectivity index (χ3n) is 2.59. The Labute approximate surface area is 74.3 Å². The summed E-state index contributed by atoms with van der Waals surface area (Å²) in [7, 11) is 0. The van der Waals surface area contributed by atoms with E-state index in [1.807, 2.05) is 0 Å². The summed E-state index contributed by atoms with van der Waals surface area (Å²) < 4.78 is 0. The SMILES string of the molecule is C/C(C#N)=N\[C@H]1CCCC[C@H]1C. The van der Waals surface area contributed by atoms with Gasteiger partial charge in [0.2, 0.25) is 0 Å². The van der Waals surface area contributed by atoms with Crippen molar-refractivity contribution in [2.75, 3.05) is 0 Å². The summed E-state index contributed by atoms with van der Waals surface area (Å²) in [5, 5.41) is 8.57. The molecular weight excluding hydrogens is 148 g/mol. The third-order valence-corrected chi connectivity index (χ3v) is 2.59. The lowest BCUT2D eigenvalue weighted by atomic mass is 9.86. The van der Waals surface area contributed by atoms with Crippen molar-refractivity contribution < 1.29 is 0 Å². The second-order valence-electron chi connectivity index (χ2n) is 3.66. The number of nitriles is 1. The van der Waals surface area contributed by atoms with Gasteiger partial charge in [0, 0.05) is 0 Å². The van der Waals surface area contributed by atoms with Crippen molar-refractivity contribution in [3.05, 3.63) is 0 Å². The molecule has 2 atom stereocenters. The van der Waals surface area contributed by atoms with Crippen molar-refractivity contribution in [3.63, 3.8) is 0 Å². The lowest BCUT2D eigenvalue weighted by Crippen LogP contribution is -2.21. The van der Waals surface area contributed by atoms with Gasteiger partial charge in [-0.1, -0.05) is 19.8 Å². The van der Waals surface area contributed by atoms with E-state index in [-0.39, 0.29) is 0 Å². The van der Waals surface area contributed by atoms with Gasteiger partial charge in [0.15, 0.2) is 0 Å². The monoisotopic (exact) mass is 164 g/mol. The van der Waals surface area contributed by atoms with E-state index >= 15 is 0 Å². The van der Waals surface area contributed by atoms with Gasteiger partial charge in [-0.25, -0.2) is 0 Å². The van der Waals surface area contributed by atoms with Gasteiger partial charge in [-0.3, -0.25) is 4.99 Å². The number of nitrogens with zero attached hydrogens (tertiary/aromatic N) is 2. The first-order chi connectivity index (χ1) is 5.74. The Balaban J connectivity index is 2.56. The van der Waals surface area contributed by atoms with Crippen molar-refractivity contribution in [2.24, 2.45) is 10.9 Å². The minimum absolute atomic E-state index is 0.415. The highest BCUT2D eigenvalue weighted by Crippen LogP contribution is 2.26. The van der Waals surface area contributed by atoms with Crippen LogP contribution in [0.25, 0.3) is 0 Å². The van der Waals surface area contributed by atoms with E-state index in [0.717, 1.165) is 0 Å². The van der Waals surface area contributed by atoms with Gasteiger partial charge in [-0.15, -0.1) is 0 Å². The summed E-state index contributed by atoms with van der Waals surface area (Å²) >= 11 is 0. The highest BCUT2D eigenvalue weighted by molar-refractivity contribution is 5.96. The van der Waals surface area contributed by atoms with Gasteiger partial charge >= 0.3 is 0 Å². The van der Waals surface area contributed by atoms with Gasteiger partial charge < -0.3 is 0 Å². The van der Waals surface area contributed by atoms with Crippen molar-refractivity contribution in [2.45, 2.75) is 45.6 Å². The van der Waals surface area contributed by atoms with Crippen LogP contribution in [0.1, 0.15) is 39.5 Å². The van der Waals surface area contributed by atoms with Gasteiger partial charge in [-0.2, -0.15) is 5.26 Å². The van der Waals surface area contributed by atoms with E-state index in [9.17, 15) is 0 Å².